The van der Waals surface area contributed by atoms with Gasteiger partial charge in [-0.05, 0) is 40.5 Å². The number of methoxy groups -OCH3 is 1. The molecule has 0 aromatic heterocycles. The van der Waals surface area contributed by atoms with Gasteiger partial charge in [-0.2, -0.15) is 0 Å². The second-order valence-electron chi connectivity index (χ2n) is 7.87. The third-order valence-corrected chi connectivity index (χ3v) is 4.81. The number of amides is 1. The van der Waals surface area contributed by atoms with E-state index >= 15 is 0 Å². The molecule has 0 N–H and O–H groups in total. The number of hydrogen-bond donors (Lipinski definition) is 0. The second kappa shape index (κ2) is 7.05. The minimum absolute atomic E-state index is 0.187. The summed E-state index contributed by atoms with van der Waals surface area (Å²) in [6.07, 6.45) is 0.414. The van der Waals surface area contributed by atoms with E-state index < -0.39 is 36.2 Å². The average Bonchev–Trinajstić information content (AvgIpc) is 3.03. The second-order valence-corrected chi connectivity index (χ2v) is 7.87. The third kappa shape index (κ3) is 4.40. The van der Waals surface area contributed by atoms with Gasteiger partial charge < -0.3 is 9.47 Å². The molecule has 2 saturated heterocycles. The van der Waals surface area contributed by atoms with Gasteiger partial charge in [0, 0.05) is 19.0 Å². The Bertz CT molecular complexity index is 521. The number of alkyl halides is 2. The molecule has 1 unspecified atom stereocenters. The maximum absolute atomic E-state index is 14.6. The Hall–Kier alpha value is -1.44. The third-order valence-electron chi connectivity index (χ3n) is 4.81. The Balaban J connectivity index is 2.08. The molecule has 2 fully saturated rings. The summed E-state index contributed by atoms with van der Waals surface area (Å²) >= 11 is 0. The molecule has 0 aliphatic carbocycles. The average molecular weight is 362 g/mol. The lowest BCUT2D eigenvalue weighted by atomic mass is 10.1. The van der Waals surface area contributed by atoms with E-state index in [1.807, 2.05) is 6.92 Å². The van der Waals surface area contributed by atoms with Gasteiger partial charge >= 0.3 is 12.1 Å². The molecular weight excluding hydrogens is 334 g/mol. The van der Waals surface area contributed by atoms with Gasteiger partial charge in [0.1, 0.15) is 5.60 Å². The molecule has 2 heterocycles. The van der Waals surface area contributed by atoms with Crippen LogP contribution in [0.4, 0.5) is 13.6 Å². The van der Waals surface area contributed by atoms with Gasteiger partial charge in [0.2, 0.25) is 0 Å². The molecular formula is C17H28F2N2O4. The van der Waals surface area contributed by atoms with Crippen molar-refractivity contribution in [3.05, 3.63) is 0 Å². The van der Waals surface area contributed by atoms with E-state index in [9.17, 15) is 18.4 Å². The maximum Gasteiger partial charge on any atom is 0.410 e. The van der Waals surface area contributed by atoms with Crippen LogP contribution in [0.2, 0.25) is 0 Å². The molecule has 0 saturated carbocycles. The van der Waals surface area contributed by atoms with Gasteiger partial charge in [-0.25, -0.2) is 13.6 Å². The molecule has 3 atom stereocenters. The van der Waals surface area contributed by atoms with Gasteiger partial charge in [-0.15, -0.1) is 0 Å². The predicted octanol–water partition coefficient (Wildman–Crippen LogP) is 2.66. The minimum Gasteiger partial charge on any atom is -0.469 e. The van der Waals surface area contributed by atoms with Crippen LogP contribution in [0.15, 0.2) is 0 Å². The predicted molar refractivity (Wildman–Crippen MR) is 87.5 cm³/mol. The van der Waals surface area contributed by atoms with E-state index in [4.69, 9.17) is 4.74 Å². The molecule has 8 heteroatoms. The van der Waals surface area contributed by atoms with Crippen LogP contribution >= 0.6 is 0 Å². The van der Waals surface area contributed by atoms with E-state index in [0.29, 0.717) is 19.4 Å². The highest BCUT2D eigenvalue weighted by Crippen LogP contribution is 2.43. The first-order chi connectivity index (χ1) is 11.5. The summed E-state index contributed by atoms with van der Waals surface area (Å²) in [7, 11) is 1.31. The highest BCUT2D eigenvalue weighted by Gasteiger charge is 2.61. The zero-order valence-corrected chi connectivity index (χ0v) is 15.6. The highest BCUT2D eigenvalue weighted by molar-refractivity contribution is 5.70. The van der Waals surface area contributed by atoms with E-state index in [2.05, 4.69) is 4.74 Å². The van der Waals surface area contributed by atoms with Crippen LogP contribution in [0, 0.1) is 0 Å². The lowest BCUT2D eigenvalue weighted by Gasteiger charge is -2.32. The molecule has 2 aliphatic rings. The summed E-state index contributed by atoms with van der Waals surface area (Å²) in [5, 5.41) is 0. The topological polar surface area (TPSA) is 59.1 Å². The van der Waals surface area contributed by atoms with E-state index in [1.165, 1.54) is 12.0 Å². The number of carbonyl (C=O) groups excluding carboxylic acids is 2. The molecule has 0 bridgehead atoms. The summed E-state index contributed by atoms with van der Waals surface area (Å²) in [6, 6.07) is -1.79. The Morgan fingerprint density at radius 1 is 1.32 bits per heavy atom. The van der Waals surface area contributed by atoms with Gasteiger partial charge in [-0.1, -0.05) is 0 Å². The first-order valence-corrected chi connectivity index (χ1v) is 8.66. The number of carbonyl (C=O) groups is 2. The quantitative estimate of drug-likeness (QED) is 0.720. The Morgan fingerprint density at radius 3 is 2.52 bits per heavy atom. The fourth-order valence-electron chi connectivity index (χ4n) is 3.70. The van der Waals surface area contributed by atoms with Gasteiger partial charge in [0.25, 0.3) is 5.92 Å². The van der Waals surface area contributed by atoms with Crippen LogP contribution in [0.5, 0.6) is 0 Å². The van der Waals surface area contributed by atoms with Crippen molar-refractivity contribution in [1.82, 2.24) is 9.80 Å². The van der Waals surface area contributed by atoms with Crippen LogP contribution in [0.3, 0.4) is 0 Å². The number of ether oxygens (including phenoxy) is 2. The molecule has 25 heavy (non-hydrogen) atoms. The van der Waals surface area contributed by atoms with Crippen LogP contribution < -0.4 is 0 Å². The number of nitrogens with zero attached hydrogens (tertiary/aromatic N) is 2. The number of halogens is 2. The molecule has 0 spiro atoms. The Morgan fingerprint density at radius 2 is 1.96 bits per heavy atom. The van der Waals surface area contributed by atoms with Crippen LogP contribution in [-0.2, 0) is 14.3 Å². The zero-order chi connectivity index (χ0) is 19.0. The summed E-state index contributed by atoms with van der Waals surface area (Å²) in [6.45, 7) is 6.81. The smallest absolute Gasteiger partial charge is 0.410 e. The Labute approximate surface area is 147 Å². The Kier molecular flexibility index (Phi) is 5.61. The summed E-state index contributed by atoms with van der Waals surface area (Å²) in [4.78, 5) is 26.5. The van der Waals surface area contributed by atoms with Gasteiger partial charge in [0.15, 0.2) is 0 Å². The van der Waals surface area contributed by atoms with Crippen LogP contribution in [-0.4, -0.2) is 71.7 Å². The van der Waals surface area contributed by atoms with Crippen molar-refractivity contribution in [2.75, 3.05) is 20.2 Å². The van der Waals surface area contributed by atoms with Crippen molar-refractivity contribution >= 4 is 12.1 Å². The summed E-state index contributed by atoms with van der Waals surface area (Å²) < 4.78 is 39.2. The van der Waals surface area contributed by atoms with Crippen LogP contribution in [0.1, 0.15) is 47.0 Å². The fourth-order valence-corrected chi connectivity index (χ4v) is 3.70. The molecule has 0 aromatic rings. The van der Waals surface area contributed by atoms with E-state index in [1.54, 1.807) is 25.7 Å². The lowest BCUT2D eigenvalue weighted by molar-refractivity contribution is -0.141. The summed E-state index contributed by atoms with van der Waals surface area (Å²) in [5.74, 6) is -3.35. The number of rotatable bonds is 4. The SMILES string of the molecule is COC(=O)CCC(C)N1CC[C@H]2[C@@H]1C(F)(F)CN2C(=O)OC(C)(C)C. The maximum atomic E-state index is 14.6. The molecule has 2 aliphatic heterocycles. The monoisotopic (exact) mass is 362 g/mol. The molecule has 2 rings (SSSR count). The van der Waals surface area contributed by atoms with Crippen LogP contribution in [0.25, 0.3) is 0 Å². The number of likely N-dealkylation sites (tertiary alicyclic amines) is 2. The first kappa shape index (κ1) is 19.9. The van der Waals surface area contributed by atoms with Crippen molar-refractivity contribution in [2.45, 2.75) is 76.6 Å². The van der Waals surface area contributed by atoms with Crippen molar-refractivity contribution in [1.29, 1.82) is 0 Å². The molecule has 0 aromatic carbocycles. The number of hydrogen-bond acceptors (Lipinski definition) is 5. The number of esters is 1. The normalized spacial score (nSPS) is 27.1. The molecule has 144 valence electrons. The standard InChI is InChI=1S/C17H28F2N2O4/c1-11(6-7-13(22)24-5)20-9-8-12-14(20)17(18,19)10-21(12)15(23)25-16(2,3)4/h11-12,14H,6-10H2,1-5H3/t11?,12-,14+/m0/s1. The minimum atomic E-state index is -3.00. The highest BCUT2D eigenvalue weighted by atomic mass is 19.3. The number of fused-ring (bicyclic) bond motifs is 1. The van der Waals surface area contributed by atoms with E-state index in [-0.39, 0.29) is 18.4 Å². The molecule has 1 amide bonds. The zero-order valence-electron chi connectivity index (χ0n) is 15.6. The fraction of sp³-hybridized carbons (Fsp3) is 0.882. The van der Waals surface area contributed by atoms with Gasteiger partial charge in [-0.3, -0.25) is 14.6 Å². The molecule has 0 radical (unpaired) electrons. The van der Waals surface area contributed by atoms with Crippen molar-refractivity contribution in [3.63, 3.8) is 0 Å². The molecule has 6 nitrogen and oxygen atoms in total. The lowest BCUT2D eigenvalue weighted by Crippen LogP contribution is -2.49. The van der Waals surface area contributed by atoms with E-state index in [0.717, 1.165) is 0 Å². The van der Waals surface area contributed by atoms with Crippen molar-refractivity contribution in [2.24, 2.45) is 0 Å². The largest absolute Gasteiger partial charge is 0.469 e. The van der Waals surface area contributed by atoms with Crippen molar-refractivity contribution < 1.29 is 27.8 Å². The first-order valence-electron chi connectivity index (χ1n) is 8.66. The van der Waals surface area contributed by atoms with Crippen molar-refractivity contribution in [3.8, 4) is 0 Å². The summed E-state index contributed by atoms with van der Waals surface area (Å²) in [5.41, 5.74) is -0.726. The van der Waals surface area contributed by atoms with Gasteiger partial charge in [0.05, 0.1) is 25.7 Å².